The molecule has 0 heterocycles. The molecule has 1 rings (SSSR count). The first kappa shape index (κ1) is 25.5. The third-order valence-corrected chi connectivity index (χ3v) is 6.70. The molecule has 1 aliphatic rings. The van der Waals surface area contributed by atoms with E-state index in [2.05, 4.69) is 48.5 Å². The maximum atomic E-state index is 12.8. The van der Waals surface area contributed by atoms with E-state index in [4.69, 9.17) is 4.74 Å². The molecule has 1 aliphatic carbocycles. The Morgan fingerprint density at radius 2 is 1.25 bits per heavy atom. The Bertz CT molecular complexity index is 420. The van der Waals surface area contributed by atoms with Gasteiger partial charge in [-0.15, -0.1) is 0 Å². The highest BCUT2D eigenvalue weighted by molar-refractivity contribution is 5.72. The third-order valence-electron chi connectivity index (χ3n) is 6.70. The van der Waals surface area contributed by atoms with Crippen molar-refractivity contribution in [3.8, 4) is 0 Å². The van der Waals surface area contributed by atoms with Crippen molar-refractivity contribution in [1.82, 2.24) is 0 Å². The Hall–Kier alpha value is -0.570. The normalized spacial score (nSPS) is 26.3. The zero-order valence-corrected chi connectivity index (χ0v) is 19.9. The predicted octanol–water partition coefficient (Wildman–Crippen LogP) is 6.77. The van der Waals surface area contributed by atoms with Crippen molar-refractivity contribution in [2.75, 3.05) is 6.61 Å². The Kier molecular flexibility index (Phi) is 10.5. The summed E-state index contributed by atoms with van der Waals surface area (Å²) in [4.78, 5) is 12.8. The van der Waals surface area contributed by atoms with Gasteiger partial charge in [-0.3, -0.25) is 4.79 Å². The summed E-state index contributed by atoms with van der Waals surface area (Å²) in [5.74, 6) is 0.140. The summed E-state index contributed by atoms with van der Waals surface area (Å²) in [6.07, 6.45) is 11.1. The average Bonchev–Trinajstić information content (AvgIpc) is 2.58. The number of rotatable bonds is 10. The summed E-state index contributed by atoms with van der Waals surface area (Å²) in [7, 11) is 0. The van der Waals surface area contributed by atoms with E-state index in [1.807, 2.05) is 0 Å². The molecule has 0 saturated heterocycles. The highest BCUT2D eigenvalue weighted by Gasteiger charge is 2.48. The summed E-state index contributed by atoms with van der Waals surface area (Å²) < 4.78 is 5.66. The van der Waals surface area contributed by atoms with E-state index >= 15 is 0 Å². The molecule has 1 saturated carbocycles. The number of unbranched alkanes of at least 4 members (excludes halogenated alkanes) is 7. The van der Waals surface area contributed by atoms with Crippen LogP contribution in [0.25, 0.3) is 0 Å². The van der Waals surface area contributed by atoms with Crippen LogP contribution in [0.5, 0.6) is 0 Å². The first-order valence-electron chi connectivity index (χ1n) is 11.8. The van der Waals surface area contributed by atoms with Gasteiger partial charge in [-0.25, -0.2) is 0 Å². The van der Waals surface area contributed by atoms with E-state index in [1.54, 1.807) is 0 Å². The number of aliphatic hydroxyl groups excluding tert-OH is 1. The molecule has 166 valence electrons. The number of carbonyl (C=O) groups is 1. The van der Waals surface area contributed by atoms with Gasteiger partial charge in [-0.05, 0) is 41.9 Å². The first-order valence-corrected chi connectivity index (χ1v) is 11.8. The zero-order chi connectivity index (χ0) is 21.4. The second-order valence-corrected chi connectivity index (χ2v) is 11.2. The van der Waals surface area contributed by atoms with Gasteiger partial charge in [0, 0.05) is 0 Å². The molecular weight excluding hydrogens is 348 g/mol. The molecule has 0 aromatic rings. The lowest BCUT2D eigenvalue weighted by Gasteiger charge is -2.48. The van der Waals surface area contributed by atoms with E-state index in [9.17, 15) is 9.90 Å². The van der Waals surface area contributed by atoms with E-state index in [1.165, 1.54) is 38.5 Å². The van der Waals surface area contributed by atoms with E-state index in [-0.39, 0.29) is 40.7 Å². The number of carbonyl (C=O) groups excluding carboxylic acids is 1. The van der Waals surface area contributed by atoms with Crippen LogP contribution in [0.15, 0.2) is 0 Å². The lowest BCUT2D eigenvalue weighted by Crippen LogP contribution is -2.49. The number of ether oxygens (including phenoxy) is 1. The minimum Gasteiger partial charge on any atom is -0.465 e. The van der Waals surface area contributed by atoms with Crippen LogP contribution in [0, 0.1) is 28.6 Å². The van der Waals surface area contributed by atoms with Crippen molar-refractivity contribution < 1.29 is 14.6 Å². The molecule has 1 N–H and O–H groups in total. The monoisotopic (exact) mass is 396 g/mol. The SMILES string of the molecule is CCCCCCCCCCOC(=O)C1CC(C(C)(C)C)C(O)C(C(C)(C)C)C1. The van der Waals surface area contributed by atoms with Gasteiger partial charge >= 0.3 is 5.97 Å². The van der Waals surface area contributed by atoms with Gasteiger partial charge in [0.2, 0.25) is 0 Å². The average molecular weight is 397 g/mol. The molecule has 2 atom stereocenters. The van der Waals surface area contributed by atoms with Crippen molar-refractivity contribution in [3.05, 3.63) is 0 Å². The molecule has 28 heavy (non-hydrogen) atoms. The van der Waals surface area contributed by atoms with Crippen molar-refractivity contribution >= 4 is 5.97 Å². The van der Waals surface area contributed by atoms with E-state index in [0.717, 1.165) is 25.7 Å². The van der Waals surface area contributed by atoms with Gasteiger partial charge in [-0.1, -0.05) is 93.4 Å². The largest absolute Gasteiger partial charge is 0.465 e. The molecule has 0 amide bonds. The van der Waals surface area contributed by atoms with Crippen LogP contribution in [-0.2, 0) is 9.53 Å². The molecule has 0 aromatic carbocycles. The fourth-order valence-corrected chi connectivity index (χ4v) is 4.72. The minimum atomic E-state index is -0.350. The Labute approximate surface area is 175 Å². The number of hydrogen-bond donors (Lipinski definition) is 1. The third kappa shape index (κ3) is 8.43. The highest BCUT2D eigenvalue weighted by atomic mass is 16.5. The van der Waals surface area contributed by atoms with Gasteiger partial charge in [-0.2, -0.15) is 0 Å². The van der Waals surface area contributed by atoms with Crippen molar-refractivity contribution in [2.45, 2.75) is 119 Å². The van der Waals surface area contributed by atoms with Crippen LogP contribution in [-0.4, -0.2) is 23.8 Å². The van der Waals surface area contributed by atoms with Gasteiger partial charge < -0.3 is 9.84 Å². The van der Waals surface area contributed by atoms with Gasteiger partial charge in [0.1, 0.15) is 0 Å². The van der Waals surface area contributed by atoms with Crippen LogP contribution in [0.1, 0.15) is 113 Å². The number of esters is 1. The maximum absolute atomic E-state index is 12.8. The Morgan fingerprint density at radius 3 is 1.68 bits per heavy atom. The fraction of sp³-hybridized carbons (Fsp3) is 0.960. The summed E-state index contributed by atoms with van der Waals surface area (Å²) in [6, 6.07) is 0. The molecule has 0 aliphatic heterocycles. The fourth-order valence-electron chi connectivity index (χ4n) is 4.72. The highest BCUT2D eigenvalue weighted by Crippen LogP contribution is 2.48. The number of aliphatic hydroxyl groups is 1. The summed E-state index contributed by atoms with van der Waals surface area (Å²) in [5, 5.41) is 11.0. The Morgan fingerprint density at radius 1 is 0.821 bits per heavy atom. The zero-order valence-electron chi connectivity index (χ0n) is 19.9. The smallest absolute Gasteiger partial charge is 0.308 e. The molecule has 0 spiro atoms. The molecule has 0 aromatic heterocycles. The summed E-state index contributed by atoms with van der Waals surface area (Å²) >= 11 is 0. The lowest BCUT2D eigenvalue weighted by atomic mass is 9.58. The standard InChI is InChI=1S/C25H48O3/c1-8-9-10-11-12-13-14-15-16-28-23(27)19-17-20(24(2,3)4)22(26)21(18-19)25(5,6)7/h19-22,26H,8-18H2,1-7H3. The quantitative estimate of drug-likeness (QED) is 0.327. The minimum absolute atomic E-state index is 0.0142. The maximum Gasteiger partial charge on any atom is 0.308 e. The molecule has 3 heteroatoms. The molecule has 2 unspecified atom stereocenters. The van der Waals surface area contributed by atoms with Crippen molar-refractivity contribution in [2.24, 2.45) is 28.6 Å². The second-order valence-electron chi connectivity index (χ2n) is 11.2. The van der Waals surface area contributed by atoms with Crippen molar-refractivity contribution in [3.63, 3.8) is 0 Å². The second kappa shape index (κ2) is 11.6. The molecular formula is C25H48O3. The molecule has 0 radical (unpaired) electrons. The van der Waals surface area contributed by atoms with Crippen LogP contribution in [0.2, 0.25) is 0 Å². The van der Waals surface area contributed by atoms with Gasteiger partial charge in [0.05, 0.1) is 18.6 Å². The Balaban J connectivity index is 2.46. The summed E-state index contributed by atoms with van der Waals surface area (Å²) in [5.41, 5.74) is -0.0285. The van der Waals surface area contributed by atoms with E-state index < -0.39 is 0 Å². The van der Waals surface area contributed by atoms with Gasteiger partial charge in [0.25, 0.3) is 0 Å². The van der Waals surface area contributed by atoms with E-state index in [0.29, 0.717) is 6.61 Å². The topological polar surface area (TPSA) is 46.5 Å². The number of hydrogen-bond acceptors (Lipinski definition) is 3. The van der Waals surface area contributed by atoms with Crippen LogP contribution in [0.4, 0.5) is 0 Å². The van der Waals surface area contributed by atoms with Crippen molar-refractivity contribution in [1.29, 1.82) is 0 Å². The first-order chi connectivity index (χ1) is 13.0. The van der Waals surface area contributed by atoms with Crippen LogP contribution < -0.4 is 0 Å². The molecule has 0 bridgehead atoms. The van der Waals surface area contributed by atoms with Crippen LogP contribution >= 0.6 is 0 Å². The molecule has 1 fully saturated rings. The predicted molar refractivity (Wildman–Crippen MR) is 118 cm³/mol. The lowest BCUT2D eigenvalue weighted by molar-refractivity contribution is -0.157. The van der Waals surface area contributed by atoms with Gasteiger partial charge in [0.15, 0.2) is 0 Å². The van der Waals surface area contributed by atoms with Crippen LogP contribution in [0.3, 0.4) is 0 Å². The summed E-state index contributed by atoms with van der Waals surface area (Å²) in [6.45, 7) is 15.8. The molecule has 3 nitrogen and oxygen atoms in total.